The summed E-state index contributed by atoms with van der Waals surface area (Å²) in [5, 5.41) is 2.86. The second-order valence-electron chi connectivity index (χ2n) is 7.45. The molecule has 0 spiro atoms. The lowest BCUT2D eigenvalue weighted by atomic mass is 9.91. The maximum Gasteiger partial charge on any atom is 0.222 e. The molecular formula is C18H37NO4. The van der Waals surface area contributed by atoms with E-state index in [0.29, 0.717) is 50.8 Å². The number of amides is 1. The average Bonchev–Trinajstić information content (AvgIpc) is 2.45. The number of hydrogen-bond donors (Lipinski definition) is 1. The Hall–Kier alpha value is -0.650. The third kappa shape index (κ3) is 19.3. The summed E-state index contributed by atoms with van der Waals surface area (Å²) in [5.41, 5.74) is 0.378. The Morgan fingerprint density at radius 3 is 1.96 bits per heavy atom. The lowest BCUT2D eigenvalue weighted by molar-refractivity contribution is -0.122. The van der Waals surface area contributed by atoms with Crippen molar-refractivity contribution in [1.29, 1.82) is 0 Å². The van der Waals surface area contributed by atoms with Gasteiger partial charge in [0.25, 0.3) is 0 Å². The van der Waals surface area contributed by atoms with E-state index in [1.165, 1.54) is 6.42 Å². The lowest BCUT2D eigenvalue weighted by Crippen LogP contribution is -2.28. The minimum absolute atomic E-state index is 0.0447. The largest absolute Gasteiger partial charge is 0.379 e. The second kappa shape index (κ2) is 13.8. The van der Waals surface area contributed by atoms with Gasteiger partial charge in [-0.3, -0.25) is 4.79 Å². The zero-order valence-electron chi connectivity index (χ0n) is 15.8. The monoisotopic (exact) mass is 331 g/mol. The van der Waals surface area contributed by atoms with Gasteiger partial charge in [-0.1, -0.05) is 34.6 Å². The number of nitrogens with one attached hydrogen (secondary N) is 1. The van der Waals surface area contributed by atoms with Crippen LogP contribution in [-0.2, 0) is 19.0 Å². The van der Waals surface area contributed by atoms with Gasteiger partial charge in [0.2, 0.25) is 5.91 Å². The lowest BCUT2D eigenvalue weighted by Gasteiger charge is -2.17. The van der Waals surface area contributed by atoms with Crippen molar-refractivity contribution in [2.75, 3.05) is 46.2 Å². The van der Waals surface area contributed by atoms with Gasteiger partial charge in [0.05, 0.1) is 33.0 Å². The smallest absolute Gasteiger partial charge is 0.222 e. The van der Waals surface area contributed by atoms with Gasteiger partial charge in [-0.25, -0.2) is 0 Å². The maximum absolute atomic E-state index is 11.4. The first kappa shape index (κ1) is 22.4. The summed E-state index contributed by atoms with van der Waals surface area (Å²) in [6.45, 7) is 15.1. The summed E-state index contributed by atoms with van der Waals surface area (Å²) in [6, 6.07) is 0. The molecule has 0 aromatic carbocycles. The summed E-state index contributed by atoms with van der Waals surface area (Å²) in [5.74, 6) is 0.521. The molecule has 0 aliphatic carbocycles. The topological polar surface area (TPSA) is 56.8 Å². The van der Waals surface area contributed by atoms with Crippen molar-refractivity contribution in [1.82, 2.24) is 5.32 Å². The quantitative estimate of drug-likeness (QED) is 0.497. The molecule has 0 radical (unpaired) electrons. The Morgan fingerprint density at radius 1 is 0.913 bits per heavy atom. The van der Waals surface area contributed by atoms with Crippen LogP contribution >= 0.6 is 0 Å². The molecule has 0 saturated heterocycles. The van der Waals surface area contributed by atoms with E-state index in [2.05, 4.69) is 39.9 Å². The van der Waals surface area contributed by atoms with Crippen LogP contribution in [0, 0.1) is 11.3 Å². The molecule has 0 rings (SSSR count). The number of ether oxygens (including phenoxy) is 3. The number of hydrogen-bond acceptors (Lipinski definition) is 4. The van der Waals surface area contributed by atoms with Crippen molar-refractivity contribution in [3.8, 4) is 0 Å². The van der Waals surface area contributed by atoms with Crippen LogP contribution in [0.4, 0.5) is 0 Å². The summed E-state index contributed by atoms with van der Waals surface area (Å²) in [4.78, 5) is 11.4. The van der Waals surface area contributed by atoms with E-state index in [-0.39, 0.29) is 5.91 Å². The molecule has 0 fully saturated rings. The molecule has 5 nitrogen and oxygen atoms in total. The Bertz CT molecular complexity index is 287. The number of carbonyl (C=O) groups is 1. The molecule has 0 aliphatic rings. The molecule has 0 aromatic rings. The third-order valence-corrected chi connectivity index (χ3v) is 3.14. The Kier molecular flexibility index (Phi) is 13.4. The van der Waals surface area contributed by atoms with Crippen LogP contribution in [0.2, 0.25) is 0 Å². The van der Waals surface area contributed by atoms with Gasteiger partial charge >= 0.3 is 0 Å². The Morgan fingerprint density at radius 2 is 1.43 bits per heavy atom. The van der Waals surface area contributed by atoms with Gasteiger partial charge in [-0.2, -0.15) is 0 Å². The fourth-order valence-corrected chi connectivity index (χ4v) is 1.82. The molecule has 0 aromatic heterocycles. The Labute approximate surface area is 142 Å². The fraction of sp³-hybridized carbons (Fsp3) is 0.944. The molecule has 0 saturated carbocycles. The SMILES string of the molecule is CC(C)CNC(=O)CCOCCOCCOCCCC(C)(C)C. The summed E-state index contributed by atoms with van der Waals surface area (Å²) >= 11 is 0. The Balaban J connectivity index is 3.18. The van der Waals surface area contributed by atoms with Crippen molar-refractivity contribution in [3.63, 3.8) is 0 Å². The number of carbonyl (C=O) groups excluding carboxylic acids is 1. The first-order chi connectivity index (χ1) is 10.8. The zero-order chi connectivity index (χ0) is 17.6. The molecule has 0 heterocycles. The highest BCUT2D eigenvalue weighted by Crippen LogP contribution is 2.20. The minimum Gasteiger partial charge on any atom is -0.379 e. The minimum atomic E-state index is 0.0447. The van der Waals surface area contributed by atoms with Crippen molar-refractivity contribution in [2.45, 2.75) is 53.9 Å². The van der Waals surface area contributed by atoms with E-state index >= 15 is 0 Å². The standard InChI is InChI=1S/C18H37NO4/c1-16(2)15-19-17(20)7-10-22-12-14-23-13-11-21-9-6-8-18(3,4)5/h16H,6-15H2,1-5H3,(H,19,20). The van der Waals surface area contributed by atoms with Crippen molar-refractivity contribution in [3.05, 3.63) is 0 Å². The van der Waals surface area contributed by atoms with Crippen LogP contribution in [0.15, 0.2) is 0 Å². The summed E-state index contributed by atoms with van der Waals surface area (Å²) < 4.78 is 16.3. The van der Waals surface area contributed by atoms with Crippen molar-refractivity contribution >= 4 is 5.91 Å². The predicted molar refractivity (Wildman–Crippen MR) is 93.6 cm³/mol. The summed E-state index contributed by atoms with van der Waals surface area (Å²) in [6.07, 6.45) is 2.67. The highest BCUT2D eigenvalue weighted by Gasteiger charge is 2.08. The molecule has 0 unspecified atom stereocenters. The molecule has 0 atom stereocenters. The van der Waals surface area contributed by atoms with E-state index in [1.54, 1.807) is 0 Å². The van der Waals surface area contributed by atoms with Gasteiger partial charge in [0.15, 0.2) is 0 Å². The van der Waals surface area contributed by atoms with Gasteiger partial charge in [-0.15, -0.1) is 0 Å². The van der Waals surface area contributed by atoms with E-state index in [4.69, 9.17) is 14.2 Å². The van der Waals surface area contributed by atoms with E-state index in [9.17, 15) is 4.79 Å². The van der Waals surface area contributed by atoms with E-state index in [1.807, 2.05) is 0 Å². The summed E-state index contributed by atoms with van der Waals surface area (Å²) in [7, 11) is 0. The first-order valence-electron chi connectivity index (χ1n) is 8.81. The third-order valence-electron chi connectivity index (χ3n) is 3.14. The van der Waals surface area contributed by atoms with Crippen LogP contribution in [0.1, 0.15) is 53.9 Å². The highest BCUT2D eigenvalue weighted by molar-refractivity contribution is 5.75. The van der Waals surface area contributed by atoms with Crippen molar-refractivity contribution < 1.29 is 19.0 Å². The number of rotatable bonds is 14. The molecule has 138 valence electrons. The van der Waals surface area contributed by atoms with Crippen LogP contribution in [-0.4, -0.2) is 52.1 Å². The van der Waals surface area contributed by atoms with Crippen molar-refractivity contribution in [2.24, 2.45) is 11.3 Å². The zero-order valence-corrected chi connectivity index (χ0v) is 15.8. The highest BCUT2D eigenvalue weighted by atomic mass is 16.5. The van der Waals surface area contributed by atoms with Gasteiger partial charge in [0.1, 0.15) is 0 Å². The average molecular weight is 331 g/mol. The van der Waals surface area contributed by atoms with Crippen LogP contribution in [0.5, 0.6) is 0 Å². The molecule has 1 N–H and O–H groups in total. The second-order valence-corrected chi connectivity index (χ2v) is 7.45. The molecular weight excluding hydrogens is 294 g/mol. The van der Waals surface area contributed by atoms with Gasteiger partial charge in [-0.05, 0) is 24.2 Å². The molecule has 0 bridgehead atoms. The van der Waals surface area contributed by atoms with Gasteiger partial charge in [0, 0.05) is 19.6 Å². The molecule has 1 amide bonds. The predicted octanol–water partition coefficient (Wildman–Crippen LogP) is 3.02. The maximum atomic E-state index is 11.4. The first-order valence-corrected chi connectivity index (χ1v) is 8.81. The van der Waals surface area contributed by atoms with Crippen LogP contribution in [0.25, 0.3) is 0 Å². The van der Waals surface area contributed by atoms with Crippen LogP contribution < -0.4 is 5.32 Å². The molecule has 23 heavy (non-hydrogen) atoms. The van der Waals surface area contributed by atoms with E-state index in [0.717, 1.165) is 19.6 Å². The van der Waals surface area contributed by atoms with E-state index < -0.39 is 0 Å². The van der Waals surface area contributed by atoms with Crippen LogP contribution in [0.3, 0.4) is 0 Å². The fourth-order valence-electron chi connectivity index (χ4n) is 1.82. The molecule has 5 heteroatoms. The molecule has 0 aliphatic heterocycles. The normalized spacial score (nSPS) is 11.9. The van der Waals surface area contributed by atoms with Gasteiger partial charge < -0.3 is 19.5 Å².